The van der Waals surface area contributed by atoms with E-state index in [4.69, 9.17) is 5.11 Å². The summed E-state index contributed by atoms with van der Waals surface area (Å²) in [5.41, 5.74) is 0. The average Bonchev–Trinajstić information content (AvgIpc) is 2.29. The van der Waals surface area contributed by atoms with Crippen LogP contribution in [0.2, 0.25) is 0 Å². The molecule has 0 radical (unpaired) electrons. The molecule has 1 heterocycles. The lowest BCUT2D eigenvalue weighted by molar-refractivity contribution is -0.124. The van der Waals surface area contributed by atoms with Crippen LogP contribution in [0.5, 0.6) is 0 Å². The van der Waals surface area contributed by atoms with Gasteiger partial charge < -0.3 is 15.7 Å². The van der Waals surface area contributed by atoms with Gasteiger partial charge in [0.15, 0.2) is 0 Å². The molecule has 0 spiro atoms. The van der Waals surface area contributed by atoms with E-state index in [-0.39, 0.29) is 30.5 Å². The van der Waals surface area contributed by atoms with Crippen molar-refractivity contribution < 1.29 is 9.90 Å². The maximum atomic E-state index is 11.8. The van der Waals surface area contributed by atoms with Crippen molar-refractivity contribution in [3.05, 3.63) is 0 Å². The molecule has 1 amide bonds. The fourth-order valence-electron chi connectivity index (χ4n) is 1.70. The van der Waals surface area contributed by atoms with Crippen LogP contribution in [0.3, 0.4) is 0 Å². The third kappa shape index (κ3) is 3.80. The Bertz CT molecular complexity index is 203. The molecule has 1 saturated heterocycles. The first-order chi connectivity index (χ1) is 7.15. The second-order valence-corrected chi connectivity index (χ2v) is 4.46. The van der Waals surface area contributed by atoms with Gasteiger partial charge in [-0.25, -0.2) is 0 Å². The molecular formula is C11H22N2O2. The van der Waals surface area contributed by atoms with Crippen molar-refractivity contribution in [2.45, 2.75) is 45.2 Å². The SMILES string of the molecule is CC(CO)C(C)NC(=O)[C@H]1CCCCN1. The van der Waals surface area contributed by atoms with Crippen LogP contribution in [0.15, 0.2) is 0 Å². The molecule has 1 rings (SSSR count). The maximum Gasteiger partial charge on any atom is 0.237 e. The molecule has 1 aliphatic rings. The first kappa shape index (κ1) is 12.5. The molecule has 2 unspecified atom stereocenters. The number of rotatable bonds is 4. The molecule has 15 heavy (non-hydrogen) atoms. The number of aliphatic hydroxyl groups excluding tert-OH is 1. The van der Waals surface area contributed by atoms with Gasteiger partial charge in [-0.1, -0.05) is 13.3 Å². The monoisotopic (exact) mass is 214 g/mol. The zero-order chi connectivity index (χ0) is 11.3. The lowest BCUT2D eigenvalue weighted by atomic mass is 10.0. The van der Waals surface area contributed by atoms with Gasteiger partial charge in [0, 0.05) is 12.6 Å². The first-order valence-electron chi connectivity index (χ1n) is 5.79. The lowest BCUT2D eigenvalue weighted by Crippen LogP contribution is -2.50. The second-order valence-electron chi connectivity index (χ2n) is 4.46. The Morgan fingerprint density at radius 3 is 2.80 bits per heavy atom. The third-order valence-electron chi connectivity index (χ3n) is 3.14. The Morgan fingerprint density at radius 2 is 2.27 bits per heavy atom. The van der Waals surface area contributed by atoms with E-state index in [9.17, 15) is 4.79 Å². The highest BCUT2D eigenvalue weighted by atomic mass is 16.3. The van der Waals surface area contributed by atoms with Crippen LogP contribution < -0.4 is 10.6 Å². The predicted molar refractivity (Wildman–Crippen MR) is 59.5 cm³/mol. The summed E-state index contributed by atoms with van der Waals surface area (Å²) in [6, 6.07) is -0.00156. The van der Waals surface area contributed by atoms with Gasteiger partial charge in [-0.05, 0) is 32.2 Å². The van der Waals surface area contributed by atoms with E-state index in [1.54, 1.807) is 0 Å². The number of nitrogens with one attached hydrogen (secondary N) is 2. The predicted octanol–water partition coefficient (Wildman–Crippen LogP) is 0.262. The van der Waals surface area contributed by atoms with Crippen LogP contribution in [0.25, 0.3) is 0 Å². The summed E-state index contributed by atoms with van der Waals surface area (Å²) in [6.45, 7) is 4.91. The molecule has 0 bridgehead atoms. The molecule has 3 atom stereocenters. The van der Waals surface area contributed by atoms with Crippen molar-refractivity contribution in [1.29, 1.82) is 0 Å². The number of amides is 1. The number of hydrogen-bond acceptors (Lipinski definition) is 3. The van der Waals surface area contributed by atoms with Crippen LogP contribution in [-0.4, -0.2) is 36.2 Å². The van der Waals surface area contributed by atoms with E-state index in [1.165, 1.54) is 0 Å². The van der Waals surface area contributed by atoms with Crippen molar-refractivity contribution in [3.8, 4) is 0 Å². The summed E-state index contributed by atoms with van der Waals surface area (Å²) >= 11 is 0. The Balaban J connectivity index is 2.33. The summed E-state index contributed by atoms with van der Waals surface area (Å²) in [6.07, 6.45) is 3.20. The van der Waals surface area contributed by atoms with Crippen LogP contribution in [0.4, 0.5) is 0 Å². The lowest BCUT2D eigenvalue weighted by Gasteiger charge is -2.26. The number of hydrogen-bond donors (Lipinski definition) is 3. The van der Waals surface area contributed by atoms with E-state index in [1.807, 2.05) is 13.8 Å². The molecular weight excluding hydrogens is 192 g/mol. The van der Waals surface area contributed by atoms with Crippen LogP contribution in [-0.2, 0) is 4.79 Å². The standard InChI is InChI=1S/C11H22N2O2/c1-8(7-14)9(2)13-11(15)10-5-3-4-6-12-10/h8-10,12,14H,3-7H2,1-2H3,(H,13,15)/t8?,9?,10-/m1/s1. The van der Waals surface area contributed by atoms with Crippen molar-refractivity contribution in [2.24, 2.45) is 5.92 Å². The molecule has 4 heteroatoms. The van der Waals surface area contributed by atoms with Gasteiger partial charge in [-0.2, -0.15) is 0 Å². The molecule has 0 aromatic carbocycles. The molecule has 1 fully saturated rings. The highest BCUT2D eigenvalue weighted by Gasteiger charge is 2.22. The van der Waals surface area contributed by atoms with E-state index in [2.05, 4.69) is 10.6 Å². The normalized spacial score (nSPS) is 25.7. The van der Waals surface area contributed by atoms with Gasteiger partial charge >= 0.3 is 0 Å². The van der Waals surface area contributed by atoms with Gasteiger partial charge in [0.25, 0.3) is 0 Å². The molecule has 0 aliphatic carbocycles. The number of piperidine rings is 1. The van der Waals surface area contributed by atoms with E-state index in [0.29, 0.717) is 0 Å². The molecule has 0 aromatic heterocycles. The fourth-order valence-corrected chi connectivity index (χ4v) is 1.70. The third-order valence-corrected chi connectivity index (χ3v) is 3.14. The minimum atomic E-state index is -0.0351. The Labute approximate surface area is 91.4 Å². The Hall–Kier alpha value is -0.610. The van der Waals surface area contributed by atoms with E-state index >= 15 is 0 Å². The minimum Gasteiger partial charge on any atom is -0.396 e. The smallest absolute Gasteiger partial charge is 0.237 e. The van der Waals surface area contributed by atoms with Crippen molar-refractivity contribution in [1.82, 2.24) is 10.6 Å². The summed E-state index contributed by atoms with van der Waals surface area (Å²) in [4.78, 5) is 11.8. The summed E-state index contributed by atoms with van der Waals surface area (Å²) in [5, 5.41) is 15.1. The zero-order valence-electron chi connectivity index (χ0n) is 9.62. The average molecular weight is 214 g/mol. The molecule has 1 aliphatic heterocycles. The fraction of sp³-hybridized carbons (Fsp3) is 0.909. The Kier molecular flexibility index (Phi) is 5.05. The van der Waals surface area contributed by atoms with Crippen molar-refractivity contribution in [2.75, 3.05) is 13.2 Å². The number of aliphatic hydroxyl groups is 1. The molecule has 88 valence electrons. The van der Waals surface area contributed by atoms with Crippen LogP contribution >= 0.6 is 0 Å². The van der Waals surface area contributed by atoms with Gasteiger partial charge in [0.1, 0.15) is 0 Å². The summed E-state index contributed by atoms with van der Waals surface area (Å²) in [5.74, 6) is 0.181. The highest BCUT2D eigenvalue weighted by Crippen LogP contribution is 2.08. The first-order valence-corrected chi connectivity index (χ1v) is 5.79. The number of carbonyl (C=O) groups excluding carboxylic acids is 1. The van der Waals surface area contributed by atoms with Crippen LogP contribution in [0.1, 0.15) is 33.1 Å². The van der Waals surface area contributed by atoms with Gasteiger partial charge in [-0.3, -0.25) is 4.79 Å². The molecule has 3 N–H and O–H groups in total. The molecule has 4 nitrogen and oxygen atoms in total. The van der Waals surface area contributed by atoms with E-state index in [0.717, 1.165) is 25.8 Å². The molecule has 0 saturated carbocycles. The quantitative estimate of drug-likeness (QED) is 0.629. The minimum absolute atomic E-state index is 0.0335. The topological polar surface area (TPSA) is 61.4 Å². The summed E-state index contributed by atoms with van der Waals surface area (Å²) in [7, 11) is 0. The summed E-state index contributed by atoms with van der Waals surface area (Å²) < 4.78 is 0. The van der Waals surface area contributed by atoms with Gasteiger partial charge in [-0.15, -0.1) is 0 Å². The number of carbonyl (C=O) groups is 1. The van der Waals surface area contributed by atoms with Crippen molar-refractivity contribution >= 4 is 5.91 Å². The van der Waals surface area contributed by atoms with Gasteiger partial charge in [0.2, 0.25) is 5.91 Å². The zero-order valence-corrected chi connectivity index (χ0v) is 9.62. The second kappa shape index (κ2) is 6.08. The van der Waals surface area contributed by atoms with Crippen LogP contribution in [0, 0.1) is 5.92 Å². The van der Waals surface area contributed by atoms with E-state index < -0.39 is 0 Å². The maximum absolute atomic E-state index is 11.8. The largest absolute Gasteiger partial charge is 0.396 e. The Morgan fingerprint density at radius 1 is 1.53 bits per heavy atom. The van der Waals surface area contributed by atoms with Crippen molar-refractivity contribution in [3.63, 3.8) is 0 Å². The van der Waals surface area contributed by atoms with Gasteiger partial charge in [0.05, 0.1) is 6.04 Å². The molecule has 0 aromatic rings. The highest BCUT2D eigenvalue weighted by molar-refractivity contribution is 5.82.